The second kappa shape index (κ2) is 13.6. The summed E-state index contributed by atoms with van der Waals surface area (Å²) in [5, 5.41) is 12.7. The summed E-state index contributed by atoms with van der Waals surface area (Å²) >= 11 is 0. The lowest BCUT2D eigenvalue weighted by atomic mass is 9.65. The van der Waals surface area contributed by atoms with Crippen LogP contribution in [0.4, 0.5) is 0 Å². The summed E-state index contributed by atoms with van der Waals surface area (Å²) in [5.74, 6) is -0.0834. The van der Waals surface area contributed by atoms with E-state index in [0.717, 1.165) is 52.9 Å². The van der Waals surface area contributed by atoms with Gasteiger partial charge in [-0.05, 0) is 82.2 Å². The fraction of sp³-hybridized carbons (Fsp3) is 0.405. The minimum atomic E-state index is -0.506. The van der Waals surface area contributed by atoms with E-state index >= 15 is 0 Å². The van der Waals surface area contributed by atoms with Crippen molar-refractivity contribution in [3.8, 4) is 11.1 Å². The summed E-state index contributed by atoms with van der Waals surface area (Å²) in [6.07, 6.45) is 3.97. The highest BCUT2D eigenvalue weighted by Gasteiger charge is 2.50. The van der Waals surface area contributed by atoms with Gasteiger partial charge in [0.25, 0.3) is 5.91 Å². The average molecular weight is 645 g/mol. The van der Waals surface area contributed by atoms with Crippen molar-refractivity contribution in [2.24, 2.45) is 10.8 Å². The largest absolute Gasteiger partial charge is 0.392 e. The first-order chi connectivity index (χ1) is 23.1. The van der Waals surface area contributed by atoms with Gasteiger partial charge in [0.15, 0.2) is 6.29 Å². The predicted molar refractivity (Wildman–Crippen MR) is 189 cm³/mol. The molecule has 7 rings (SSSR count). The molecule has 1 amide bonds. The number of nitrogens with one attached hydrogen (secondary N) is 1. The van der Waals surface area contributed by atoms with Crippen LogP contribution in [-0.2, 0) is 22.6 Å². The van der Waals surface area contributed by atoms with E-state index in [1.54, 1.807) is 0 Å². The highest BCUT2D eigenvalue weighted by molar-refractivity contribution is 5.94. The molecular formula is C42H48N2O4. The summed E-state index contributed by atoms with van der Waals surface area (Å²) in [7, 11) is 0. The molecule has 2 unspecified atom stereocenters. The second-order valence-electron chi connectivity index (χ2n) is 15.4. The molecule has 0 spiro atoms. The Morgan fingerprint density at radius 3 is 2.35 bits per heavy atom. The highest BCUT2D eigenvalue weighted by Crippen LogP contribution is 2.53. The molecule has 4 aromatic carbocycles. The van der Waals surface area contributed by atoms with Crippen LogP contribution >= 0.6 is 0 Å². The van der Waals surface area contributed by atoms with Gasteiger partial charge in [-0.3, -0.25) is 9.69 Å². The average Bonchev–Trinajstić information content (AvgIpc) is 3.34. The lowest BCUT2D eigenvalue weighted by molar-refractivity contribution is -0.253. The van der Waals surface area contributed by atoms with E-state index in [9.17, 15) is 9.90 Å². The molecule has 2 bridgehead atoms. The van der Waals surface area contributed by atoms with Gasteiger partial charge in [-0.1, -0.05) is 99.6 Å². The van der Waals surface area contributed by atoms with Crippen molar-refractivity contribution < 1.29 is 19.4 Å². The Morgan fingerprint density at radius 2 is 1.58 bits per heavy atom. The molecule has 2 saturated heterocycles. The number of likely N-dealkylation sites (tertiary alicyclic amines) is 1. The van der Waals surface area contributed by atoms with E-state index in [1.165, 1.54) is 19.3 Å². The molecule has 5 atom stereocenters. The minimum Gasteiger partial charge on any atom is -0.392 e. The molecule has 3 aliphatic rings. The van der Waals surface area contributed by atoms with Crippen molar-refractivity contribution in [2.45, 2.75) is 84.1 Å². The maximum Gasteiger partial charge on any atom is 0.251 e. The molecule has 250 valence electrons. The zero-order chi connectivity index (χ0) is 33.3. The van der Waals surface area contributed by atoms with E-state index in [-0.39, 0.29) is 24.7 Å². The van der Waals surface area contributed by atoms with Crippen LogP contribution < -0.4 is 5.32 Å². The van der Waals surface area contributed by atoms with E-state index in [2.05, 4.69) is 79.5 Å². The van der Waals surface area contributed by atoms with Gasteiger partial charge in [0.1, 0.15) is 0 Å². The van der Waals surface area contributed by atoms with Crippen LogP contribution in [0.25, 0.3) is 11.1 Å². The first kappa shape index (κ1) is 32.7. The second-order valence-corrected chi connectivity index (χ2v) is 15.4. The Morgan fingerprint density at radius 1 is 0.833 bits per heavy atom. The molecule has 6 nitrogen and oxygen atoms in total. The van der Waals surface area contributed by atoms with Gasteiger partial charge >= 0.3 is 0 Å². The Labute approximate surface area is 285 Å². The number of hydrogen-bond acceptors (Lipinski definition) is 5. The van der Waals surface area contributed by atoms with Gasteiger partial charge in [-0.15, -0.1) is 0 Å². The van der Waals surface area contributed by atoms with Crippen molar-refractivity contribution in [2.75, 3.05) is 13.1 Å². The number of aliphatic hydroxyl groups is 1. The summed E-state index contributed by atoms with van der Waals surface area (Å²) in [6.45, 7) is 9.83. The normalized spacial score (nSPS) is 26.7. The predicted octanol–water partition coefficient (Wildman–Crippen LogP) is 8.22. The molecule has 6 heteroatoms. The maximum absolute atomic E-state index is 12.6. The van der Waals surface area contributed by atoms with Crippen LogP contribution in [0, 0.1) is 10.8 Å². The number of benzene rings is 4. The van der Waals surface area contributed by atoms with Crippen molar-refractivity contribution >= 4 is 5.91 Å². The third-order valence-corrected chi connectivity index (χ3v) is 10.5. The first-order valence-corrected chi connectivity index (χ1v) is 17.4. The number of rotatable bonds is 9. The van der Waals surface area contributed by atoms with Crippen LogP contribution in [0.1, 0.15) is 91.5 Å². The molecule has 3 fully saturated rings. The Bertz CT molecular complexity index is 1720. The minimum absolute atomic E-state index is 0.0255. The molecule has 2 aliphatic heterocycles. The topological polar surface area (TPSA) is 71.0 Å². The van der Waals surface area contributed by atoms with Crippen LogP contribution in [0.3, 0.4) is 0 Å². The number of aliphatic hydroxyl groups excluding tert-OH is 1. The van der Waals surface area contributed by atoms with Crippen LogP contribution in [0.15, 0.2) is 103 Å². The van der Waals surface area contributed by atoms with Gasteiger partial charge in [0.2, 0.25) is 0 Å². The third kappa shape index (κ3) is 7.42. The third-order valence-electron chi connectivity index (χ3n) is 10.5. The molecule has 4 aromatic rings. The van der Waals surface area contributed by atoms with Gasteiger partial charge in [0, 0.05) is 43.2 Å². The number of amides is 1. The summed E-state index contributed by atoms with van der Waals surface area (Å²) in [6, 6.07) is 34.8. The standard InChI is InChI=1S/C42H48N2O4/c1-41(2)22-36-23-42(3,27-41)28-44(36)25-37-21-38(31-17-15-29(26-45)16-18-31)48-40(47-37)35-14-8-13-34(20-35)33-12-7-9-30(19-33)24-43-39(46)32-10-5-4-6-11-32/h4-20,36-38,40,45H,21-28H2,1-3H3,(H,43,46)/t36?,37-,38+,40+,42?/m1/s1. The molecule has 48 heavy (non-hydrogen) atoms. The molecule has 2 N–H and O–H groups in total. The van der Waals surface area contributed by atoms with Gasteiger partial charge in [-0.25, -0.2) is 0 Å². The zero-order valence-corrected chi connectivity index (χ0v) is 28.4. The van der Waals surface area contributed by atoms with Crippen molar-refractivity contribution in [1.82, 2.24) is 10.2 Å². The Balaban J connectivity index is 1.10. The van der Waals surface area contributed by atoms with Gasteiger partial charge in [0.05, 0.1) is 18.8 Å². The lowest BCUT2D eigenvalue weighted by Gasteiger charge is -2.41. The van der Waals surface area contributed by atoms with Gasteiger partial charge < -0.3 is 19.9 Å². The molecule has 1 aliphatic carbocycles. The van der Waals surface area contributed by atoms with E-state index in [4.69, 9.17) is 9.47 Å². The first-order valence-electron chi connectivity index (χ1n) is 17.4. The highest BCUT2D eigenvalue weighted by atomic mass is 16.7. The lowest BCUT2D eigenvalue weighted by Crippen LogP contribution is -2.42. The molecule has 0 radical (unpaired) electrons. The van der Waals surface area contributed by atoms with Gasteiger partial charge in [-0.2, -0.15) is 0 Å². The number of nitrogens with zero attached hydrogens (tertiary/aromatic N) is 1. The van der Waals surface area contributed by atoms with Crippen LogP contribution in [0.5, 0.6) is 0 Å². The SMILES string of the molecule is CC1(C)CC2CC(C)(CN2C[C@H]2C[C@@H](c3ccc(CO)cc3)O[C@@H](c3cccc(-c4cccc(CNC(=O)c5ccccc5)c4)c3)O2)C1. The molecular weight excluding hydrogens is 596 g/mol. The number of carbonyl (C=O) groups is 1. The number of fused-ring (bicyclic) bond motifs is 2. The van der Waals surface area contributed by atoms with Crippen molar-refractivity contribution in [3.63, 3.8) is 0 Å². The summed E-state index contributed by atoms with van der Waals surface area (Å²) in [4.78, 5) is 15.3. The monoisotopic (exact) mass is 644 g/mol. The van der Waals surface area contributed by atoms with Crippen molar-refractivity contribution in [3.05, 3.63) is 131 Å². The Hall–Kier alpha value is -3.81. The Kier molecular flexibility index (Phi) is 9.27. The molecule has 2 heterocycles. The van der Waals surface area contributed by atoms with Crippen LogP contribution in [0.2, 0.25) is 0 Å². The van der Waals surface area contributed by atoms with E-state index < -0.39 is 6.29 Å². The van der Waals surface area contributed by atoms with E-state index in [1.807, 2.05) is 54.6 Å². The summed E-state index contributed by atoms with van der Waals surface area (Å²) < 4.78 is 13.6. The van der Waals surface area contributed by atoms with E-state index in [0.29, 0.717) is 29.0 Å². The molecule has 1 saturated carbocycles. The van der Waals surface area contributed by atoms with Crippen LogP contribution in [-0.4, -0.2) is 41.1 Å². The van der Waals surface area contributed by atoms with Crippen molar-refractivity contribution in [1.29, 1.82) is 0 Å². The number of hydrogen-bond donors (Lipinski definition) is 2. The number of ether oxygens (including phenoxy) is 2. The molecule has 0 aromatic heterocycles. The fourth-order valence-corrected chi connectivity index (χ4v) is 8.68. The fourth-order valence-electron chi connectivity index (χ4n) is 8.68. The maximum atomic E-state index is 12.6. The smallest absolute Gasteiger partial charge is 0.251 e. The quantitative estimate of drug-likeness (QED) is 0.192. The zero-order valence-electron chi connectivity index (χ0n) is 28.4. The number of carbonyl (C=O) groups excluding carboxylic acids is 1. The summed E-state index contributed by atoms with van der Waals surface area (Å²) in [5.41, 5.74) is 7.57.